The molecule has 0 fully saturated rings. The fourth-order valence-electron chi connectivity index (χ4n) is 3.05. The van der Waals surface area contributed by atoms with E-state index in [9.17, 15) is 13.2 Å². The predicted octanol–water partition coefficient (Wildman–Crippen LogP) is 2.72. The second-order valence-corrected chi connectivity index (χ2v) is 8.68. The van der Waals surface area contributed by atoms with Crippen LogP contribution in [0.2, 0.25) is 0 Å². The Labute approximate surface area is 178 Å². The molecule has 2 aromatic carbocycles. The molecule has 4 aromatic rings. The van der Waals surface area contributed by atoms with E-state index in [4.69, 9.17) is 4.74 Å². The van der Waals surface area contributed by atoms with Gasteiger partial charge >= 0.3 is 0 Å². The molecule has 9 nitrogen and oxygen atoms in total. The lowest BCUT2D eigenvalue weighted by Gasteiger charge is -2.07. The number of amides is 1. The zero-order valence-corrected chi connectivity index (χ0v) is 17.6. The lowest BCUT2D eigenvalue weighted by atomic mass is 10.3. The molecule has 158 valence electrons. The van der Waals surface area contributed by atoms with Gasteiger partial charge in [-0.3, -0.25) is 4.79 Å². The van der Waals surface area contributed by atoms with Gasteiger partial charge in [-0.2, -0.15) is 10.2 Å². The fourth-order valence-corrected chi connectivity index (χ4v) is 3.91. The quantitative estimate of drug-likeness (QED) is 0.497. The molecular weight excluding hydrogens is 418 g/mol. The van der Waals surface area contributed by atoms with Gasteiger partial charge in [0.1, 0.15) is 0 Å². The Bertz CT molecular complexity index is 1340. The number of sulfone groups is 1. The third-order valence-corrected chi connectivity index (χ3v) is 5.63. The van der Waals surface area contributed by atoms with Crippen LogP contribution in [-0.4, -0.2) is 47.3 Å². The van der Waals surface area contributed by atoms with Gasteiger partial charge in [0.25, 0.3) is 5.91 Å². The number of ether oxygens (including phenoxy) is 1. The van der Waals surface area contributed by atoms with Crippen LogP contribution in [0, 0.1) is 0 Å². The van der Waals surface area contributed by atoms with Crippen LogP contribution in [-0.2, 0) is 9.84 Å². The van der Waals surface area contributed by atoms with Crippen LogP contribution in [0.1, 0.15) is 10.5 Å². The van der Waals surface area contributed by atoms with Crippen LogP contribution in [0.25, 0.3) is 11.4 Å². The first-order chi connectivity index (χ1) is 14.9. The standard InChI is InChI=1S/C21H19N5O4S/c1-30-18-14-25(16-8-4-3-5-9-16)24-20(18)21(27)23-15-12-22-26(13-15)17-10-6-7-11-19(17)31(2,28)29/h3-14H,1-2H3,(H,23,27). The number of benzene rings is 2. The van der Waals surface area contributed by atoms with Crippen molar-refractivity contribution in [1.82, 2.24) is 19.6 Å². The maximum Gasteiger partial charge on any atom is 0.280 e. The first kappa shape index (κ1) is 20.4. The van der Waals surface area contributed by atoms with Gasteiger partial charge in [0.15, 0.2) is 21.3 Å². The molecular formula is C21H19N5O4S. The summed E-state index contributed by atoms with van der Waals surface area (Å²) in [6, 6.07) is 15.8. The topological polar surface area (TPSA) is 108 Å². The predicted molar refractivity (Wildman–Crippen MR) is 115 cm³/mol. The van der Waals surface area contributed by atoms with Crippen molar-refractivity contribution in [3.63, 3.8) is 0 Å². The Kier molecular flexibility index (Phi) is 5.30. The zero-order chi connectivity index (χ0) is 22.0. The van der Waals surface area contributed by atoms with Crippen LogP contribution >= 0.6 is 0 Å². The molecule has 0 saturated carbocycles. The minimum Gasteiger partial charge on any atom is -0.493 e. The highest BCUT2D eigenvalue weighted by atomic mass is 32.2. The average molecular weight is 437 g/mol. The number of aromatic nitrogens is 4. The molecule has 2 heterocycles. The van der Waals surface area contributed by atoms with Crippen molar-refractivity contribution >= 4 is 21.4 Å². The SMILES string of the molecule is COc1cn(-c2ccccc2)nc1C(=O)Nc1cnn(-c2ccccc2S(C)(=O)=O)c1. The molecule has 0 aliphatic heterocycles. The minimum atomic E-state index is -3.45. The Balaban J connectivity index is 1.61. The van der Waals surface area contributed by atoms with E-state index in [-0.39, 0.29) is 10.6 Å². The summed E-state index contributed by atoms with van der Waals surface area (Å²) < 4.78 is 32.4. The highest BCUT2D eigenvalue weighted by Crippen LogP contribution is 2.23. The smallest absolute Gasteiger partial charge is 0.280 e. The van der Waals surface area contributed by atoms with Crippen molar-refractivity contribution in [3.8, 4) is 17.1 Å². The number of para-hydroxylation sites is 2. The molecule has 0 atom stereocenters. The Morgan fingerprint density at radius 2 is 1.71 bits per heavy atom. The summed E-state index contributed by atoms with van der Waals surface area (Å²) >= 11 is 0. The van der Waals surface area contributed by atoms with Crippen LogP contribution < -0.4 is 10.1 Å². The maximum atomic E-state index is 12.8. The number of nitrogens with zero attached hydrogens (tertiary/aromatic N) is 4. The van der Waals surface area contributed by atoms with E-state index >= 15 is 0 Å². The zero-order valence-electron chi connectivity index (χ0n) is 16.8. The summed E-state index contributed by atoms with van der Waals surface area (Å²) in [6.45, 7) is 0. The molecule has 0 aliphatic rings. The number of anilines is 1. The molecule has 0 radical (unpaired) electrons. The number of methoxy groups -OCH3 is 1. The number of carbonyl (C=O) groups excluding carboxylic acids is 1. The molecule has 1 amide bonds. The maximum absolute atomic E-state index is 12.8. The first-order valence-electron chi connectivity index (χ1n) is 9.21. The molecule has 0 aliphatic carbocycles. The summed E-state index contributed by atoms with van der Waals surface area (Å²) in [5, 5.41) is 11.2. The van der Waals surface area contributed by atoms with Gasteiger partial charge in [0.2, 0.25) is 0 Å². The van der Waals surface area contributed by atoms with Crippen molar-refractivity contribution in [3.05, 3.63) is 78.9 Å². The average Bonchev–Trinajstić information content (AvgIpc) is 3.41. The molecule has 4 rings (SSSR count). The second-order valence-electron chi connectivity index (χ2n) is 6.69. The van der Waals surface area contributed by atoms with E-state index in [1.165, 1.54) is 30.3 Å². The highest BCUT2D eigenvalue weighted by molar-refractivity contribution is 7.90. The molecule has 2 aromatic heterocycles. The summed E-state index contributed by atoms with van der Waals surface area (Å²) in [5.74, 6) is -0.168. The van der Waals surface area contributed by atoms with Crippen LogP contribution in [0.4, 0.5) is 5.69 Å². The Morgan fingerprint density at radius 3 is 2.42 bits per heavy atom. The Morgan fingerprint density at radius 1 is 1.00 bits per heavy atom. The molecule has 10 heteroatoms. The Hall–Kier alpha value is -3.92. The van der Waals surface area contributed by atoms with Crippen molar-refractivity contribution in [1.29, 1.82) is 0 Å². The number of carbonyl (C=O) groups is 1. The fraction of sp³-hybridized carbons (Fsp3) is 0.0952. The molecule has 0 unspecified atom stereocenters. The molecule has 31 heavy (non-hydrogen) atoms. The molecule has 1 N–H and O–H groups in total. The third-order valence-electron chi connectivity index (χ3n) is 4.49. The van der Waals surface area contributed by atoms with Gasteiger partial charge in [-0.05, 0) is 24.3 Å². The molecule has 0 bridgehead atoms. The van der Waals surface area contributed by atoms with Crippen molar-refractivity contribution in [2.45, 2.75) is 4.90 Å². The number of rotatable bonds is 6. The van der Waals surface area contributed by atoms with Gasteiger partial charge in [0, 0.05) is 6.26 Å². The lowest BCUT2D eigenvalue weighted by Crippen LogP contribution is -2.14. The van der Waals surface area contributed by atoms with Crippen LogP contribution in [0.5, 0.6) is 5.75 Å². The number of hydrogen-bond acceptors (Lipinski definition) is 6. The monoisotopic (exact) mass is 437 g/mol. The largest absolute Gasteiger partial charge is 0.493 e. The van der Waals surface area contributed by atoms with E-state index in [2.05, 4.69) is 15.5 Å². The highest BCUT2D eigenvalue weighted by Gasteiger charge is 2.20. The molecule has 0 spiro atoms. The number of nitrogens with one attached hydrogen (secondary N) is 1. The van der Waals surface area contributed by atoms with Crippen molar-refractivity contribution in [2.24, 2.45) is 0 Å². The molecule has 0 saturated heterocycles. The van der Waals surface area contributed by atoms with E-state index in [1.54, 1.807) is 29.1 Å². The summed E-state index contributed by atoms with van der Waals surface area (Å²) in [4.78, 5) is 12.9. The van der Waals surface area contributed by atoms with Gasteiger partial charge < -0.3 is 10.1 Å². The van der Waals surface area contributed by atoms with E-state index in [0.717, 1.165) is 11.9 Å². The van der Waals surface area contributed by atoms with E-state index in [0.29, 0.717) is 17.1 Å². The summed E-state index contributed by atoms with van der Waals surface area (Å²) in [5.41, 5.74) is 1.65. The van der Waals surface area contributed by atoms with Gasteiger partial charge in [-0.15, -0.1) is 0 Å². The van der Waals surface area contributed by atoms with Gasteiger partial charge in [-0.1, -0.05) is 30.3 Å². The van der Waals surface area contributed by atoms with Crippen molar-refractivity contribution in [2.75, 3.05) is 18.7 Å². The second kappa shape index (κ2) is 8.07. The van der Waals surface area contributed by atoms with Crippen LogP contribution in [0.3, 0.4) is 0 Å². The third kappa shape index (κ3) is 4.19. The summed E-state index contributed by atoms with van der Waals surface area (Å²) in [6.07, 6.45) is 5.71. The van der Waals surface area contributed by atoms with Crippen molar-refractivity contribution < 1.29 is 17.9 Å². The summed E-state index contributed by atoms with van der Waals surface area (Å²) in [7, 11) is -1.99. The van der Waals surface area contributed by atoms with Gasteiger partial charge in [0.05, 0.1) is 47.7 Å². The first-order valence-corrected chi connectivity index (χ1v) is 11.1. The minimum absolute atomic E-state index is 0.107. The normalized spacial score (nSPS) is 11.3. The van der Waals surface area contributed by atoms with E-state index < -0.39 is 15.7 Å². The van der Waals surface area contributed by atoms with Crippen LogP contribution in [0.15, 0.2) is 78.1 Å². The van der Waals surface area contributed by atoms with E-state index in [1.807, 2.05) is 30.3 Å². The number of hydrogen-bond donors (Lipinski definition) is 1. The van der Waals surface area contributed by atoms with Gasteiger partial charge in [-0.25, -0.2) is 17.8 Å². The lowest BCUT2D eigenvalue weighted by molar-refractivity contribution is 0.101.